The molecule has 0 aromatic heterocycles. The fourth-order valence-corrected chi connectivity index (χ4v) is 2.33. The molecule has 0 bridgehead atoms. The van der Waals surface area contributed by atoms with Gasteiger partial charge in [-0.2, -0.15) is 12.6 Å². The minimum absolute atomic E-state index is 0.0820. The lowest BCUT2D eigenvalue weighted by Crippen LogP contribution is -2.28. The molecule has 0 aliphatic heterocycles. The predicted octanol–water partition coefficient (Wildman–Crippen LogP) is 0.264. The van der Waals surface area contributed by atoms with Crippen LogP contribution in [0.25, 0.3) is 0 Å². The predicted molar refractivity (Wildman–Crippen MR) is 85.4 cm³/mol. The van der Waals surface area contributed by atoms with Gasteiger partial charge in [-0.15, -0.1) is 0 Å². The van der Waals surface area contributed by atoms with E-state index in [4.69, 9.17) is 0 Å². The fraction of sp³-hybridized carbons (Fsp3) is 0.143. The van der Waals surface area contributed by atoms with Crippen molar-refractivity contribution in [2.24, 2.45) is 0 Å². The Balaban J connectivity index is 4.34. The topological polar surface area (TPSA) is 213 Å². The van der Waals surface area contributed by atoms with E-state index >= 15 is 0 Å². The van der Waals surface area contributed by atoms with Gasteiger partial charge in [-0.25, -0.2) is 28.8 Å². The number of hydrogen-bond donors (Lipinski definition) is 6. The number of carboxylic acids is 5. The minimum atomic E-state index is -2.22. The van der Waals surface area contributed by atoms with Gasteiger partial charge in [0, 0.05) is 5.75 Å². The summed E-state index contributed by atoms with van der Waals surface area (Å²) in [5, 5.41) is 46.2. The van der Waals surface area contributed by atoms with Crippen molar-refractivity contribution >= 4 is 48.4 Å². The van der Waals surface area contributed by atoms with Gasteiger partial charge >= 0.3 is 35.8 Å². The van der Waals surface area contributed by atoms with Crippen LogP contribution < -0.4 is 0 Å². The zero-order valence-corrected chi connectivity index (χ0v) is 13.8. The molecule has 13 heteroatoms. The SMILES string of the molecule is O=C(O)c1c(C(=O)O)c(C(=O)O)c(C(=O)OCCS)c(C(=O)O)c1C(=O)O. The van der Waals surface area contributed by atoms with Crippen LogP contribution in [0.2, 0.25) is 0 Å². The molecule has 12 nitrogen and oxygen atoms in total. The summed E-state index contributed by atoms with van der Waals surface area (Å²) >= 11 is 3.71. The molecule has 27 heavy (non-hydrogen) atoms. The zero-order valence-electron chi connectivity index (χ0n) is 13.0. The summed E-state index contributed by atoms with van der Waals surface area (Å²) < 4.78 is 4.55. The molecular formula is C14H10O12S. The third-order valence-corrected chi connectivity index (χ3v) is 3.28. The van der Waals surface area contributed by atoms with Crippen LogP contribution in [0.1, 0.15) is 62.1 Å². The van der Waals surface area contributed by atoms with Gasteiger partial charge in [-0.3, -0.25) is 0 Å². The molecule has 1 aromatic rings. The second-order valence-electron chi connectivity index (χ2n) is 4.64. The molecule has 0 fully saturated rings. The van der Waals surface area contributed by atoms with Gasteiger partial charge in [-0.1, -0.05) is 0 Å². The number of rotatable bonds is 8. The third kappa shape index (κ3) is 3.98. The number of carbonyl (C=O) groups is 6. The highest BCUT2D eigenvalue weighted by molar-refractivity contribution is 7.80. The van der Waals surface area contributed by atoms with Gasteiger partial charge < -0.3 is 30.3 Å². The molecule has 0 heterocycles. The smallest absolute Gasteiger partial charge is 0.339 e. The highest BCUT2D eigenvalue weighted by Crippen LogP contribution is 2.30. The maximum atomic E-state index is 12.2. The molecule has 0 saturated heterocycles. The molecule has 0 aliphatic carbocycles. The summed E-state index contributed by atoms with van der Waals surface area (Å²) in [6.45, 7) is -0.453. The lowest BCUT2D eigenvalue weighted by atomic mass is 9.86. The Morgan fingerprint density at radius 3 is 1.07 bits per heavy atom. The average molecular weight is 402 g/mol. The normalized spacial score (nSPS) is 10.1. The molecule has 5 N–H and O–H groups in total. The van der Waals surface area contributed by atoms with Crippen LogP contribution in [0.3, 0.4) is 0 Å². The average Bonchev–Trinajstić information content (AvgIpc) is 2.55. The molecule has 0 unspecified atom stereocenters. The van der Waals surface area contributed by atoms with Gasteiger partial charge in [0.15, 0.2) is 0 Å². The van der Waals surface area contributed by atoms with Crippen molar-refractivity contribution in [3.8, 4) is 0 Å². The van der Waals surface area contributed by atoms with Crippen LogP contribution in [-0.2, 0) is 4.74 Å². The summed E-state index contributed by atoms with van der Waals surface area (Å²) in [4.78, 5) is 69.6. The highest BCUT2D eigenvalue weighted by atomic mass is 32.1. The van der Waals surface area contributed by atoms with E-state index in [1.165, 1.54) is 0 Å². The number of hydrogen-bond acceptors (Lipinski definition) is 8. The standard InChI is InChI=1S/C14H10O12S/c15-9(16)3-4(10(17)18)6(12(21)22)8(14(25)26-1-2-27)7(13(23)24)5(3)11(19)20/h27H,1-2H2,(H,15,16)(H,17,18)(H,19,20)(H,21,22)(H,23,24). The molecule has 0 saturated carbocycles. The third-order valence-electron chi connectivity index (χ3n) is 3.10. The second kappa shape index (κ2) is 8.18. The molecule has 0 spiro atoms. The molecule has 0 amide bonds. The molecule has 1 aromatic carbocycles. The molecule has 1 rings (SSSR count). The zero-order chi connectivity index (χ0) is 21.0. The van der Waals surface area contributed by atoms with E-state index in [9.17, 15) is 54.3 Å². The van der Waals surface area contributed by atoms with Gasteiger partial charge in [-0.05, 0) is 0 Å². The molecule has 0 radical (unpaired) electrons. The quantitative estimate of drug-likeness (QED) is 0.255. The van der Waals surface area contributed by atoms with Crippen LogP contribution in [0.4, 0.5) is 0 Å². The Morgan fingerprint density at radius 1 is 0.593 bits per heavy atom. The summed E-state index contributed by atoms with van der Waals surface area (Å²) in [7, 11) is 0. The Labute approximate surface area is 154 Å². The second-order valence-corrected chi connectivity index (χ2v) is 5.08. The van der Waals surface area contributed by atoms with E-state index in [0.717, 1.165) is 0 Å². The lowest BCUT2D eigenvalue weighted by molar-refractivity contribution is 0.0503. The van der Waals surface area contributed by atoms with Crippen LogP contribution >= 0.6 is 12.6 Å². The van der Waals surface area contributed by atoms with E-state index in [2.05, 4.69) is 17.4 Å². The number of aromatic carboxylic acids is 5. The minimum Gasteiger partial charge on any atom is -0.478 e. The molecular weight excluding hydrogens is 392 g/mol. The maximum Gasteiger partial charge on any atom is 0.339 e. The summed E-state index contributed by atoms with van der Waals surface area (Å²) in [5.41, 5.74) is -9.20. The first-order valence-electron chi connectivity index (χ1n) is 6.65. The maximum absolute atomic E-state index is 12.2. The number of carbonyl (C=O) groups excluding carboxylic acids is 1. The monoisotopic (exact) mass is 402 g/mol. The van der Waals surface area contributed by atoms with Crippen LogP contribution in [0, 0.1) is 0 Å². The van der Waals surface area contributed by atoms with E-state index in [1.807, 2.05) is 0 Å². The Bertz CT molecular complexity index is 832. The van der Waals surface area contributed by atoms with Gasteiger partial charge in [0.25, 0.3) is 0 Å². The highest BCUT2D eigenvalue weighted by Gasteiger charge is 2.40. The molecule has 144 valence electrons. The number of benzene rings is 1. The van der Waals surface area contributed by atoms with Gasteiger partial charge in [0.05, 0.1) is 33.4 Å². The first-order valence-corrected chi connectivity index (χ1v) is 7.28. The van der Waals surface area contributed by atoms with Crippen molar-refractivity contribution < 1.29 is 59.0 Å². The summed E-state index contributed by atoms with van der Waals surface area (Å²) in [5.74, 6) is -12.7. The van der Waals surface area contributed by atoms with Crippen LogP contribution in [0.5, 0.6) is 0 Å². The number of esters is 1. The number of thiol groups is 1. The Kier molecular flexibility index (Phi) is 6.49. The van der Waals surface area contributed by atoms with Crippen molar-refractivity contribution in [1.82, 2.24) is 0 Å². The first kappa shape index (κ1) is 21.4. The lowest BCUT2D eigenvalue weighted by Gasteiger charge is -2.17. The first-order chi connectivity index (χ1) is 12.5. The fourth-order valence-electron chi connectivity index (χ4n) is 2.23. The van der Waals surface area contributed by atoms with Gasteiger partial charge in [0.2, 0.25) is 0 Å². The largest absolute Gasteiger partial charge is 0.478 e. The molecule has 0 aliphatic rings. The summed E-state index contributed by atoms with van der Waals surface area (Å²) in [6.07, 6.45) is 0. The van der Waals surface area contributed by atoms with E-state index in [1.54, 1.807) is 0 Å². The van der Waals surface area contributed by atoms with Crippen LogP contribution in [-0.4, -0.2) is 73.7 Å². The van der Waals surface area contributed by atoms with E-state index < -0.39 is 75.8 Å². The van der Waals surface area contributed by atoms with E-state index in [-0.39, 0.29) is 5.75 Å². The Morgan fingerprint density at radius 2 is 0.852 bits per heavy atom. The van der Waals surface area contributed by atoms with Crippen molar-refractivity contribution in [1.29, 1.82) is 0 Å². The molecule has 0 atom stereocenters. The number of carboxylic acid groups (broad SMARTS) is 5. The van der Waals surface area contributed by atoms with Crippen molar-refractivity contribution in [3.05, 3.63) is 33.4 Å². The van der Waals surface area contributed by atoms with Gasteiger partial charge in [0.1, 0.15) is 6.61 Å². The van der Waals surface area contributed by atoms with Crippen molar-refractivity contribution in [2.75, 3.05) is 12.4 Å². The van der Waals surface area contributed by atoms with Crippen molar-refractivity contribution in [3.63, 3.8) is 0 Å². The number of ether oxygens (including phenoxy) is 1. The van der Waals surface area contributed by atoms with Crippen LogP contribution in [0.15, 0.2) is 0 Å². The van der Waals surface area contributed by atoms with E-state index in [0.29, 0.717) is 0 Å². The van der Waals surface area contributed by atoms with Crippen molar-refractivity contribution in [2.45, 2.75) is 0 Å². The summed E-state index contributed by atoms with van der Waals surface area (Å²) in [6, 6.07) is 0. The Hall–Kier alpha value is -3.61.